The molecule has 0 spiro atoms. The first kappa shape index (κ1) is 26.3. The maximum absolute atomic E-state index is 3.32. The van der Waals surface area contributed by atoms with Crippen LogP contribution in [0.25, 0.3) is 0 Å². The summed E-state index contributed by atoms with van der Waals surface area (Å²) in [6.07, 6.45) is 0.988. The molecule has 5 aromatic rings. The summed E-state index contributed by atoms with van der Waals surface area (Å²) in [6.45, 7) is 6.70. The summed E-state index contributed by atoms with van der Waals surface area (Å²) in [7, 11) is -0.585. The quantitative estimate of drug-likeness (QED) is 0.167. The van der Waals surface area contributed by atoms with E-state index < -0.39 is 7.92 Å². The molecular weight excluding hydrogens is 487 g/mol. The van der Waals surface area contributed by atoms with Crippen molar-refractivity contribution >= 4 is 18.5 Å². The van der Waals surface area contributed by atoms with Crippen molar-refractivity contribution in [1.29, 1.82) is 0 Å². The summed E-state index contributed by atoms with van der Waals surface area (Å²) in [5.74, 6) is 13.2. The van der Waals surface area contributed by atoms with Gasteiger partial charge in [-0.05, 0) is 105 Å². The number of benzene rings is 5. The summed E-state index contributed by atoms with van der Waals surface area (Å²) >= 11 is 0. The molecule has 0 fully saturated rings. The van der Waals surface area contributed by atoms with Crippen LogP contribution in [0.5, 0.6) is 0 Å². The van der Waals surface area contributed by atoms with Crippen LogP contribution in [0.1, 0.15) is 44.5 Å². The Labute approximate surface area is 234 Å². The van der Waals surface area contributed by atoms with Crippen molar-refractivity contribution < 1.29 is 0 Å². The van der Waals surface area contributed by atoms with Crippen molar-refractivity contribution in [2.24, 2.45) is 0 Å². The molecule has 0 aliphatic heterocycles. The lowest BCUT2D eigenvalue weighted by Gasteiger charge is -2.24. The van der Waals surface area contributed by atoms with Crippen molar-refractivity contribution in [1.82, 2.24) is 0 Å². The van der Waals surface area contributed by atoms with Gasteiger partial charge in [0, 0.05) is 28.4 Å². The Morgan fingerprint density at radius 2 is 0.897 bits per heavy atom. The van der Waals surface area contributed by atoms with Crippen molar-refractivity contribution in [3.05, 3.63) is 166 Å². The van der Waals surface area contributed by atoms with E-state index in [0.29, 0.717) is 0 Å². The lowest BCUT2D eigenvalue weighted by Crippen LogP contribution is -2.19. The lowest BCUT2D eigenvalue weighted by atomic mass is 10.1. The topological polar surface area (TPSA) is 0 Å². The maximum atomic E-state index is 3.32. The second-order valence-corrected chi connectivity index (χ2v) is 11.9. The second-order valence-electron chi connectivity index (χ2n) is 9.81. The van der Waals surface area contributed by atoms with Gasteiger partial charge in [-0.3, -0.25) is 0 Å². The van der Waals surface area contributed by atoms with Gasteiger partial charge in [0.1, 0.15) is 0 Å². The Morgan fingerprint density at radius 3 is 1.36 bits per heavy atom. The van der Waals surface area contributed by atoms with Gasteiger partial charge in [-0.1, -0.05) is 102 Å². The van der Waals surface area contributed by atoms with Crippen LogP contribution in [-0.2, 0) is 6.16 Å². The largest absolute Gasteiger partial charge is 0.0622 e. The molecule has 0 aromatic heterocycles. The third-order valence-corrected chi connectivity index (χ3v) is 9.48. The average Bonchev–Trinajstić information content (AvgIpc) is 2.96. The Balaban J connectivity index is 1.43. The van der Waals surface area contributed by atoms with Crippen LogP contribution >= 0.6 is 7.92 Å². The Bertz CT molecular complexity index is 1650. The summed E-state index contributed by atoms with van der Waals surface area (Å²) in [4.78, 5) is 0. The summed E-state index contributed by atoms with van der Waals surface area (Å²) in [6, 6.07) is 42.6. The van der Waals surface area contributed by atoms with Crippen LogP contribution in [0, 0.1) is 44.5 Å². The highest BCUT2D eigenvalue weighted by molar-refractivity contribution is 7.72. The molecule has 39 heavy (non-hydrogen) atoms. The maximum Gasteiger partial charge on any atom is 0.0249 e. The van der Waals surface area contributed by atoms with E-state index in [9.17, 15) is 0 Å². The summed E-state index contributed by atoms with van der Waals surface area (Å²) in [5.41, 5.74) is 9.54. The molecular formula is C38H31P. The lowest BCUT2D eigenvalue weighted by molar-refractivity contribution is 1.34. The molecule has 0 aliphatic carbocycles. The van der Waals surface area contributed by atoms with E-state index in [-0.39, 0.29) is 0 Å². The van der Waals surface area contributed by atoms with Crippen LogP contribution in [0.15, 0.2) is 121 Å². The van der Waals surface area contributed by atoms with E-state index in [1.807, 2.05) is 60.7 Å². The second kappa shape index (κ2) is 12.5. The normalized spacial score (nSPS) is 11.1. The molecule has 1 atom stereocenters. The zero-order valence-corrected chi connectivity index (χ0v) is 23.6. The minimum Gasteiger partial charge on any atom is -0.0622 e. The first-order valence-corrected chi connectivity index (χ1v) is 14.8. The summed E-state index contributed by atoms with van der Waals surface area (Å²) in [5, 5.41) is 2.85. The van der Waals surface area contributed by atoms with Gasteiger partial charge in [-0.15, -0.1) is 0 Å². The monoisotopic (exact) mass is 518 g/mol. The molecule has 0 nitrogen and oxygen atoms in total. The molecule has 5 aromatic carbocycles. The third-order valence-electron chi connectivity index (χ3n) is 6.63. The average molecular weight is 519 g/mol. The molecule has 188 valence electrons. The van der Waals surface area contributed by atoms with Gasteiger partial charge in [0.15, 0.2) is 0 Å². The molecule has 0 heterocycles. The van der Waals surface area contributed by atoms with Gasteiger partial charge in [0.2, 0.25) is 0 Å². The smallest absolute Gasteiger partial charge is 0.0249 e. The fraction of sp³-hybridized carbons (Fsp3) is 0.105. The van der Waals surface area contributed by atoms with Crippen LogP contribution in [0.4, 0.5) is 0 Å². The zero-order chi connectivity index (χ0) is 27.0. The molecule has 0 radical (unpaired) electrons. The minimum atomic E-state index is -0.585. The Hall–Kier alpha value is -4.35. The molecule has 1 heteroatoms. The first-order chi connectivity index (χ1) is 19.0. The molecule has 0 amide bonds. The molecule has 0 N–H and O–H groups in total. The zero-order valence-electron chi connectivity index (χ0n) is 22.7. The van der Waals surface area contributed by atoms with Gasteiger partial charge in [0.25, 0.3) is 0 Å². The molecule has 0 saturated carbocycles. The number of hydrogen-bond acceptors (Lipinski definition) is 0. The summed E-state index contributed by atoms with van der Waals surface area (Å²) < 4.78 is 0. The molecule has 1 unspecified atom stereocenters. The van der Waals surface area contributed by atoms with E-state index in [0.717, 1.165) is 28.4 Å². The fourth-order valence-electron chi connectivity index (χ4n) is 4.83. The van der Waals surface area contributed by atoms with Gasteiger partial charge in [-0.2, -0.15) is 0 Å². The van der Waals surface area contributed by atoms with Gasteiger partial charge < -0.3 is 0 Å². The highest BCUT2D eigenvalue weighted by Gasteiger charge is 2.19. The predicted molar refractivity (Wildman–Crippen MR) is 168 cm³/mol. The van der Waals surface area contributed by atoms with Crippen LogP contribution in [0.3, 0.4) is 0 Å². The van der Waals surface area contributed by atoms with E-state index in [4.69, 9.17) is 0 Å². The van der Waals surface area contributed by atoms with Crippen LogP contribution in [0.2, 0.25) is 0 Å². The molecule has 0 aliphatic rings. The standard InChI is InChI=1S/C38H31P/c1-29-26-30(2)38(31(3)27-29)39(37-24-22-35(23-25-37)17-15-33-12-8-5-9-13-33)28-36-20-18-34(19-21-36)16-14-32-10-6-4-7-11-32/h4-13,18-27H,28H2,1-3H3. The highest BCUT2D eigenvalue weighted by atomic mass is 31.1. The molecule has 5 rings (SSSR count). The van der Waals surface area contributed by atoms with Crippen molar-refractivity contribution in [3.63, 3.8) is 0 Å². The third kappa shape index (κ3) is 6.95. The Morgan fingerprint density at radius 1 is 0.487 bits per heavy atom. The van der Waals surface area contributed by atoms with E-state index >= 15 is 0 Å². The number of rotatable bonds is 4. The van der Waals surface area contributed by atoms with E-state index in [1.54, 1.807) is 0 Å². The van der Waals surface area contributed by atoms with E-state index in [2.05, 4.69) is 105 Å². The predicted octanol–water partition coefficient (Wildman–Crippen LogP) is 8.04. The Kier molecular flexibility index (Phi) is 8.39. The van der Waals surface area contributed by atoms with Gasteiger partial charge in [-0.25, -0.2) is 0 Å². The van der Waals surface area contributed by atoms with Crippen LogP contribution < -0.4 is 10.6 Å². The van der Waals surface area contributed by atoms with Crippen molar-refractivity contribution in [3.8, 4) is 23.7 Å². The van der Waals surface area contributed by atoms with Crippen molar-refractivity contribution in [2.75, 3.05) is 0 Å². The molecule has 0 bridgehead atoms. The number of hydrogen-bond donors (Lipinski definition) is 0. The van der Waals surface area contributed by atoms with Gasteiger partial charge in [0.05, 0.1) is 0 Å². The molecule has 0 saturated heterocycles. The van der Waals surface area contributed by atoms with Gasteiger partial charge >= 0.3 is 0 Å². The SMILES string of the molecule is Cc1cc(C)c(P(Cc2ccc(C#Cc3ccccc3)cc2)c2ccc(C#Cc3ccccc3)cc2)c(C)c1. The first-order valence-electron chi connectivity index (χ1n) is 13.2. The van der Waals surface area contributed by atoms with E-state index in [1.165, 1.54) is 32.9 Å². The minimum absolute atomic E-state index is 0.585. The number of aryl methyl sites for hydroxylation is 3. The highest BCUT2D eigenvalue weighted by Crippen LogP contribution is 2.40. The van der Waals surface area contributed by atoms with Crippen molar-refractivity contribution in [2.45, 2.75) is 26.9 Å². The fourth-order valence-corrected chi connectivity index (χ4v) is 7.49. The van der Waals surface area contributed by atoms with Crippen LogP contribution in [-0.4, -0.2) is 0 Å².